The summed E-state index contributed by atoms with van der Waals surface area (Å²) in [6, 6.07) is 29.6. The summed E-state index contributed by atoms with van der Waals surface area (Å²) in [7, 11) is -1.46. The van der Waals surface area contributed by atoms with Crippen molar-refractivity contribution in [2.45, 2.75) is 24.9 Å². The number of rotatable bonds is 8. The normalized spacial score (nSPS) is 17.7. The van der Waals surface area contributed by atoms with Crippen LogP contribution in [0.1, 0.15) is 27.9 Å². The molecule has 4 N–H and O–H groups in total. The Labute approximate surface area is 248 Å². The molecule has 0 heterocycles. The van der Waals surface area contributed by atoms with Gasteiger partial charge in [-0.25, -0.2) is 0 Å². The van der Waals surface area contributed by atoms with E-state index >= 15 is 0 Å². The summed E-state index contributed by atoms with van der Waals surface area (Å²) in [5.41, 5.74) is -0.871. The number of carboxylic acids is 4. The van der Waals surface area contributed by atoms with Crippen LogP contribution in [0, 0.1) is 10.8 Å². The first kappa shape index (κ1) is 28.3. The smallest absolute Gasteiger partial charge is 0.322 e. The van der Waals surface area contributed by atoms with Crippen molar-refractivity contribution in [2.75, 3.05) is 0 Å². The second kappa shape index (κ2) is 10.5. The first-order valence-corrected chi connectivity index (χ1v) is 15.1. The summed E-state index contributed by atoms with van der Waals surface area (Å²) in [5, 5.41) is 42.3. The Morgan fingerprint density at radius 2 is 1.05 bits per heavy atom. The highest BCUT2D eigenvalue weighted by atomic mass is 31.1. The van der Waals surface area contributed by atoms with E-state index in [-0.39, 0.29) is 19.3 Å². The molecule has 9 heteroatoms. The number of hydrogen-bond donors (Lipinski definition) is 4. The minimum atomic E-state index is -2.10. The third kappa shape index (κ3) is 4.41. The number of benzene rings is 4. The standard InChI is InChI=1S/C34H27O8P/c35-29(36)33(30(37)38)17-22-12-11-20(15-23(22)18-33)21-13-14-27-24(16-21)19-34(31(39)40,32(41)42)28(27)43(25-7-3-1-4-8-25)26-9-5-2-6-10-26/h1-16,28H,17-19H2,(H,35,36)(H,37,38)(H,39,40)(H,41,42). The molecule has 0 amide bonds. The zero-order chi connectivity index (χ0) is 30.5. The van der Waals surface area contributed by atoms with Crippen molar-refractivity contribution in [1.82, 2.24) is 0 Å². The third-order valence-electron chi connectivity index (χ3n) is 8.81. The lowest BCUT2D eigenvalue weighted by Crippen LogP contribution is -2.44. The van der Waals surface area contributed by atoms with Gasteiger partial charge in [0.15, 0.2) is 10.8 Å². The van der Waals surface area contributed by atoms with Crippen LogP contribution in [0.15, 0.2) is 97.1 Å². The van der Waals surface area contributed by atoms with Gasteiger partial charge >= 0.3 is 23.9 Å². The van der Waals surface area contributed by atoms with Crippen LogP contribution in [0.2, 0.25) is 0 Å². The van der Waals surface area contributed by atoms with Crippen molar-refractivity contribution >= 4 is 42.4 Å². The molecule has 0 bridgehead atoms. The number of carboxylic acid groups (broad SMARTS) is 4. The number of carbonyl (C=O) groups is 4. The fraction of sp³-hybridized carbons (Fsp3) is 0.176. The molecule has 2 aliphatic rings. The number of hydrogen-bond acceptors (Lipinski definition) is 4. The highest BCUT2D eigenvalue weighted by molar-refractivity contribution is 7.73. The van der Waals surface area contributed by atoms with Crippen LogP contribution in [0.25, 0.3) is 11.1 Å². The molecule has 4 aromatic carbocycles. The van der Waals surface area contributed by atoms with E-state index in [9.17, 15) is 39.6 Å². The Morgan fingerprint density at radius 3 is 1.56 bits per heavy atom. The van der Waals surface area contributed by atoms with Crippen LogP contribution < -0.4 is 10.6 Å². The molecule has 0 aliphatic heterocycles. The van der Waals surface area contributed by atoms with Crippen molar-refractivity contribution in [3.8, 4) is 11.1 Å². The molecule has 0 saturated carbocycles. The highest BCUT2D eigenvalue weighted by Gasteiger charge is 2.61. The van der Waals surface area contributed by atoms with E-state index < -0.39 is 48.3 Å². The molecule has 216 valence electrons. The Bertz CT molecular complexity index is 1720. The maximum atomic E-state index is 13.0. The Hall–Kier alpha value is -4.81. The lowest BCUT2D eigenvalue weighted by atomic mass is 9.84. The average Bonchev–Trinajstić information content (AvgIpc) is 3.56. The minimum Gasteiger partial charge on any atom is -0.480 e. The first-order valence-electron chi connectivity index (χ1n) is 13.7. The maximum absolute atomic E-state index is 13.0. The van der Waals surface area contributed by atoms with Gasteiger partial charge in [0.1, 0.15) is 0 Å². The van der Waals surface area contributed by atoms with Gasteiger partial charge in [0, 0.05) is 12.1 Å². The van der Waals surface area contributed by atoms with Crippen molar-refractivity contribution in [3.05, 3.63) is 119 Å². The monoisotopic (exact) mass is 594 g/mol. The Kier molecular flexibility index (Phi) is 6.90. The van der Waals surface area contributed by atoms with E-state index in [0.29, 0.717) is 33.4 Å². The first-order chi connectivity index (χ1) is 20.6. The van der Waals surface area contributed by atoms with Gasteiger partial charge in [0.25, 0.3) is 0 Å². The van der Waals surface area contributed by atoms with Gasteiger partial charge in [0.05, 0.1) is 0 Å². The van der Waals surface area contributed by atoms with Gasteiger partial charge in [-0.3, -0.25) is 19.2 Å². The van der Waals surface area contributed by atoms with E-state index in [4.69, 9.17) is 0 Å². The molecule has 1 atom stereocenters. The average molecular weight is 595 g/mol. The van der Waals surface area contributed by atoms with Crippen LogP contribution >= 0.6 is 7.92 Å². The number of aliphatic carboxylic acids is 4. The molecule has 0 saturated heterocycles. The summed E-state index contributed by atoms with van der Waals surface area (Å²) in [5.74, 6) is -5.54. The predicted molar refractivity (Wildman–Crippen MR) is 160 cm³/mol. The molecular weight excluding hydrogens is 567 g/mol. The van der Waals surface area contributed by atoms with E-state index in [1.165, 1.54) is 0 Å². The zero-order valence-corrected chi connectivity index (χ0v) is 23.7. The molecule has 0 spiro atoms. The summed E-state index contributed by atoms with van der Waals surface area (Å²) in [4.78, 5) is 49.8. The molecule has 0 aromatic heterocycles. The summed E-state index contributed by atoms with van der Waals surface area (Å²) in [6.07, 6.45) is -0.453. The Balaban J connectivity index is 1.48. The fourth-order valence-electron chi connectivity index (χ4n) is 6.58. The van der Waals surface area contributed by atoms with Crippen LogP contribution in [0.3, 0.4) is 0 Å². The van der Waals surface area contributed by atoms with Gasteiger partial charge < -0.3 is 20.4 Å². The van der Waals surface area contributed by atoms with Gasteiger partial charge in [-0.15, -0.1) is 0 Å². The molecule has 0 radical (unpaired) electrons. The number of fused-ring (bicyclic) bond motifs is 2. The summed E-state index contributed by atoms with van der Waals surface area (Å²) >= 11 is 0. The van der Waals surface area contributed by atoms with E-state index in [1.54, 1.807) is 18.2 Å². The lowest BCUT2D eigenvalue weighted by molar-refractivity contribution is -0.165. The zero-order valence-electron chi connectivity index (χ0n) is 22.8. The molecule has 2 aliphatic carbocycles. The SMILES string of the molecule is O=C(O)C1(C(=O)O)Cc2ccc(-c3ccc4c(c3)CC(C(=O)O)(C(=O)O)C4P(c3ccccc3)c3ccccc3)cc2C1. The molecule has 43 heavy (non-hydrogen) atoms. The molecule has 6 rings (SSSR count). The Morgan fingerprint density at radius 1 is 0.558 bits per heavy atom. The van der Waals surface area contributed by atoms with Crippen LogP contribution in [-0.2, 0) is 38.4 Å². The molecular formula is C34H27O8P. The second-order valence-corrected chi connectivity index (χ2v) is 13.4. The largest absolute Gasteiger partial charge is 0.480 e. The van der Waals surface area contributed by atoms with Crippen molar-refractivity contribution < 1.29 is 39.6 Å². The maximum Gasteiger partial charge on any atom is 0.322 e. The third-order valence-corrected chi connectivity index (χ3v) is 11.8. The molecule has 8 nitrogen and oxygen atoms in total. The second-order valence-electron chi connectivity index (χ2n) is 11.1. The van der Waals surface area contributed by atoms with Gasteiger partial charge in [-0.05, 0) is 64.8 Å². The predicted octanol–water partition coefficient (Wildman–Crippen LogP) is 4.49. The molecule has 0 fully saturated rings. The van der Waals surface area contributed by atoms with E-state index in [2.05, 4.69) is 0 Å². The van der Waals surface area contributed by atoms with Gasteiger partial charge in [0.2, 0.25) is 0 Å². The molecule has 4 aromatic rings. The van der Waals surface area contributed by atoms with E-state index in [1.807, 2.05) is 78.9 Å². The van der Waals surface area contributed by atoms with Gasteiger partial charge in [-0.1, -0.05) is 97.1 Å². The van der Waals surface area contributed by atoms with E-state index in [0.717, 1.165) is 10.6 Å². The van der Waals surface area contributed by atoms with Gasteiger partial charge in [-0.2, -0.15) is 0 Å². The van der Waals surface area contributed by atoms with Crippen molar-refractivity contribution in [2.24, 2.45) is 10.8 Å². The van der Waals surface area contributed by atoms with Crippen molar-refractivity contribution in [3.63, 3.8) is 0 Å². The van der Waals surface area contributed by atoms with Crippen LogP contribution in [-0.4, -0.2) is 44.3 Å². The quantitative estimate of drug-likeness (QED) is 0.172. The van der Waals surface area contributed by atoms with Crippen LogP contribution in [0.4, 0.5) is 0 Å². The van der Waals surface area contributed by atoms with Crippen molar-refractivity contribution in [1.29, 1.82) is 0 Å². The summed E-state index contributed by atoms with van der Waals surface area (Å²) < 4.78 is 0. The highest BCUT2D eigenvalue weighted by Crippen LogP contribution is 2.64. The van der Waals surface area contributed by atoms with Crippen LogP contribution in [0.5, 0.6) is 0 Å². The minimum absolute atomic E-state index is 0.110. The topological polar surface area (TPSA) is 149 Å². The lowest BCUT2D eigenvalue weighted by Gasteiger charge is -2.35. The molecule has 1 unspecified atom stereocenters. The summed E-state index contributed by atoms with van der Waals surface area (Å²) in [6.45, 7) is 0. The fourth-order valence-corrected chi connectivity index (χ4v) is 9.74.